The maximum Gasteiger partial charge on any atom is 0.119 e. The van der Waals surface area contributed by atoms with E-state index in [1.807, 2.05) is 48.7 Å². The summed E-state index contributed by atoms with van der Waals surface area (Å²) in [5.74, 6) is 0.934. The van der Waals surface area contributed by atoms with Crippen LogP contribution >= 0.6 is 0 Å². The molecule has 3 rings (SSSR count). The van der Waals surface area contributed by atoms with Gasteiger partial charge < -0.3 is 4.74 Å². The lowest BCUT2D eigenvalue weighted by Crippen LogP contribution is -1.96. The van der Waals surface area contributed by atoms with Gasteiger partial charge in [-0.1, -0.05) is 37.3 Å². The first-order valence-corrected chi connectivity index (χ1v) is 8.95. The van der Waals surface area contributed by atoms with Crippen LogP contribution in [0.1, 0.15) is 30.0 Å². The Morgan fingerprint density at radius 3 is 2.19 bits per heavy atom. The van der Waals surface area contributed by atoms with E-state index < -0.39 is 0 Å². The first-order valence-electron chi connectivity index (χ1n) is 8.95. The molecule has 2 aromatic carbocycles. The minimum atomic E-state index is 0.663. The molecule has 0 radical (unpaired) electrons. The zero-order chi connectivity index (χ0) is 18.2. The number of nitrogens with zero attached hydrogens (tertiary/aromatic N) is 2. The Morgan fingerprint density at radius 2 is 1.58 bits per heavy atom. The van der Waals surface area contributed by atoms with E-state index in [-0.39, 0.29) is 0 Å². The van der Waals surface area contributed by atoms with Gasteiger partial charge in [0.15, 0.2) is 0 Å². The Morgan fingerprint density at radius 1 is 0.885 bits per heavy atom. The van der Waals surface area contributed by atoms with Crippen LogP contribution in [0.25, 0.3) is 11.3 Å². The quantitative estimate of drug-likeness (QED) is 0.593. The smallest absolute Gasteiger partial charge is 0.119 e. The van der Waals surface area contributed by atoms with Gasteiger partial charge in [0.2, 0.25) is 0 Å². The van der Waals surface area contributed by atoms with Crippen LogP contribution in [0.2, 0.25) is 0 Å². The lowest BCUT2D eigenvalue weighted by atomic mass is 10.0. The number of ether oxygens (including phenoxy) is 1. The molecule has 0 N–H and O–H groups in total. The Balaban J connectivity index is 1.58. The number of nitriles is 1. The van der Waals surface area contributed by atoms with Crippen molar-refractivity contribution in [3.8, 4) is 23.1 Å². The highest BCUT2D eigenvalue weighted by Gasteiger charge is 2.02. The Kier molecular flexibility index (Phi) is 6.01. The van der Waals surface area contributed by atoms with Gasteiger partial charge in [-0.2, -0.15) is 5.26 Å². The third-order valence-corrected chi connectivity index (χ3v) is 4.23. The molecule has 26 heavy (non-hydrogen) atoms. The van der Waals surface area contributed by atoms with Crippen LogP contribution in [0.3, 0.4) is 0 Å². The molecule has 1 aromatic heterocycles. The van der Waals surface area contributed by atoms with Gasteiger partial charge in [-0.25, -0.2) is 0 Å². The highest BCUT2D eigenvalue weighted by molar-refractivity contribution is 5.60. The number of aromatic nitrogens is 1. The molecule has 0 fully saturated rings. The monoisotopic (exact) mass is 342 g/mol. The third kappa shape index (κ3) is 4.70. The number of hydrogen-bond donors (Lipinski definition) is 0. The Bertz CT molecular complexity index is 860. The second-order valence-electron chi connectivity index (χ2n) is 6.23. The van der Waals surface area contributed by atoms with Crippen molar-refractivity contribution in [2.45, 2.75) is 26.2 Å². The number of rotatable bonds is 7. The fraction of sp³-hybridized carbons (Fsp3) is 0.217. The van der Waals surface area contributed by atoms with E-state index in [9.17, 15) is 0 Å². The molecule has 0 bridgehead atoms. The van der Waals surface area contributed by atoms with Crippen molar-refractivity contribution in [1.82, 2.24) is 4.98 Å². The molecule has 3 nitrogen and oxygen atoms in total. The van der Waals surface area contributed by atoms with Crippen LogP contribution in [0.5, 0.6) is 5.75 Å². The van der Waals surface area contributed by atoms with Gasteiger partial charge >= 0.3 is 0 Å². The van der Waals surface area contributed by atoms with Gasteiger partial charge in [-0.3, -0.25) is 4.98 Å². The second-order valence-corrected chi connectivity index (χ2v) is 6.23. The summed E-state index contributed by atoms with van der Waals surface area (Å²) in [6.45, 7) is 2.87. The second kappa shape index (κ2) is 8.82. The fourth-order valence-electron chi connectivity index (χ4n) is 2.72. The molecule has 0 saturated carbocycles. The number of pyridine rings is 1. The minimum absolute atomic E-state index is 0.663. The lowest BCUT2D eigenvalue weighted by molar-refractivity contribution is 0.317. The average molecular weight is 342 g/mol. The summed E-state index contributed by atoms with van der Waals surface area (Å²) < 4.78 is 5.61. The summed E-state index contributed by atoms with van der Waals surface area (Å²) in [6, 6.07) is 22.1. The molecule has 0 unspecified atom stereocenters. The molecule has 0 aliphatic rings. The predicted molar refractivity (Wildman–Crippen MR) is 104 cm³/mol. The van der Waals surface area contributed by atoms with Crippen LogP contribution < -0.4 is 4.74 Å². The van der Waals surface area contributed by atoms with Crippen molar-refractivity contribution in [3.63, 3.8) is 0 Å². The van der Waals surface area contributed by atoms with E-state index in [2.05, 4.69) is 36.2 Å². The molecule has 0 aliphatic carbocycles. The topological polar surface area (TPSA) is 45.9 Å². The highest BCUT2D eigenvalue weighted by Crippen LogP contribution is 2.19. The molecule has 1 heterocycles. The first-order chi connectivity index (χ1) is 12.8. The largest absolute Gasteiger partial charge is 0.494 e. The van der Waals surface area contributed by atoms with Gasteiger partial charge in [0.05, 0.1) is 23.9 Å². The molecule has 130 valence electrons. The van der Waals surface area contributed by atoms with Crippen LogP contribution in [0, 0.1) is 11.3 Å². The van der Waals surface area contributed by atoms with E-state index in [4.69, 9.17) is 10.00 Å². The maximum absolute atomic E-state index is 8.87. The number of benzene rings is 2. The highest BCUT2D eigenvalue weighted by atomic mass is 16.5. The zero-order valence-corrected chi connectivity index (χ0v) is 15.0. The standard InChI is InChI=1S/C23H22N2O/c1-2-15-26-22-12-7-18(8-13-22)3-4-20-9-14-23(25-17-20)21-10-5-19(16-24)6-11-21/h5-14,17H,2-4,15H2,1H3. The van der Waals surface area contributed by atoms with Crippen molar-refractivity contribution in [2.24, 2.45) is 0 Å². The molecule has 3 heteroatoms. The summed E-state index contributed by atoms with van der Waals surface area (Å²) in [5.41, 5.74) is 5.13. The summed E-state index contributed by atoms with van der Waals surface area (Å²) in [5, 5.41) is 8.87. The Hall–Kier alpha value is -3.12. The third-order valence-electron chi connectivity index (χ3n) is 4.23. The van der Waals surface area contributed by atoms with E-state index in [0.717, 1.165) is 42.9 Å². The SMILES string of the molecule is CCCOc1ccc(CCc2ccc(-c3ccc(C#N)cc3)nc2)cc1. The molecule has 0 atom stereocenters. The van der Waals surface area contributed by atoms with E-state index >= 15 is 0 Å². The van der Waals surface area contributed by atoms with E-state index in [1.54, 1.807) is 0 Å². The van der Waals surface area contributed by atoms with Crippen LogP contribution in [-0.2, 0) is 12.8 Å². The maximum atomic E-state index is 8.87. The van der Waals surface area contributed by atoms with Crippen LogP contribution in [0.4, 0.5) is 0 Å². The summed E-state index contributed by atoms with van der Waals surface area (Å²) >= 11 is 0. The van der Waals surface area contributed by atoms with Crippen molar-refractivity contribution >= 4 is 0 Å². The fourth-order valence-corrected chi connectivity index (χ4v) is 2.72. The minimum Gasteiger partial charge on any atom is -0.494 e. The van der Waals surface area contributed by atoms with Crippen molar-refractivity contribution in [2.75, 3.05) is 6.61 Å². The Labute approximate surface area is 154 Å². The molecular weight excluding hydrogens is 320 g/mol. The van der Waals surface area contributed by atoms with E-state index in [0.29, 0.717) is 5.56 Å². The van der Waals surface area contributed by atoms with Gasteiger partial charge in [0, 0.05) is 11.8 Å². The number of hydrogen-bond acceptors (Lipinski definition) is 3. The van der Waals surface area contributed by atoms with Crippen LogP contribution in [0.15, 0.2) is 66.9 Å². The molecular formula is C23H22N2O. The van der Waals surface area contributed by atoms with E-state index in [1.165, 1.54) is 11.1 Å². The van der Waals surface area contributed by atoms with Crippen molar-refractivity contribution in [3.05, 3.63) is 83.6 Å². The first kappa shape index (κ1) is 17.7. The van der Waals surface area contributed by atoms with Crippen molar-refractivity contribution < 1.29 is 4.74 Å². The lowest BCUT2D eigenvalue weighted by Gasteiger charge is -2.07. The average Bonchev–Trinajstić information content (AvgIpc) is 2.72. The molecule has 0 amide bonds. The van der Waals surface area contributed by atoms with Gasteiger partial charge in [0.25, 0.3) is 0 Å². The van der Waals surface area contributed by atoms with Crippen molar-refractivity contribution in [1.29, 1.82) is 5.26 Å². The van der Waals surface area contributed by atoms with Gasteiger partial charge in [-0.05, 0) is 60.7 Å². The van der Waals surface area contributed by atoms with Gasteiger partial charge in [0.1, 0.15) is 5.75 Å². The number of aryl methyl sites for hydroxylation is 2. The molecule has 0 saturated heterocycles. The molecule has 3 aromatic rings. The molecule has 0 spiro atoms. The summed E-state index contributed by atoms with van der Waals surface area (Å²) in [7, 11) is 0. The predicted octanol–water partition coefficient (Wildman–Crippen LogP) is 5.19. The molecule has 0 aliphatic heterocycles. The normalized spacial score (nSPS) is 10.3. The zero-order valence-electron chi connectivity index (χ0n) is 15.0. The summed E-state index contributed by atoms with van der Waals surface area (Å²) in [6.07, 6.45) is 4.89. The van der Waals surface area contributed by atoms with Crippen LogP contribution in [-0.4, -0.2) is 11.6 Å². The summed E-state index contributed by atoms with van der Waals surface area (Å²) in [4.78, 5) is 4.56. The van der Waals surface area contributed by atoms with Gasteiger partial charge in [-0.15, -0.1) is 0 Å².